The monoisotopic (exact) mass is 300 g/mol. The first kappa shape index (κ1) is 15.6. The molecular weight excluding hydrogens is 280 g/mol. The molecule has 2 aromatic carbocycles. The van der Waals surface area contributed by atoms with Crippen molar-refractivity contribution in [3.63, 3.8) is 0 Å². The molecule has 0 aliphatic heterocycles. The van der Waals surface area contributed by atoms with Gasteiger partial charge in [0.1, 0.15) is 5.75 Å². The molecule has 110 valence electrons. The van der Waals surface area contributed by atoms with Crippen molar-refractivity contribution in [2.45, 2.75) is 31.8 Å². The van der Waals surface area contributed by atoms with Crippen LogP contribution in [0.1, 0.15) is 29.8 Å². The van der Waals surface area contributed by atoms with Crippen LogP contribution in [0, 0.1) is 6.92 Å². The van der Waals surface area contributed by atoms with Crippen LogP contribution in [-0.4, -0.2) is 17.6 Å². The first-order valence-corrected chi connectivity index (χ1v) is 8.02. The van der Waals surface area contributed by atoms with Crippen LogP contribution in [0.5, 0.6) is 5.75 Å². The maximum atomic E-state index is 12.2. The molecule has 2 nitrogen and oxygen atoms in total. The van der Waals surface area contributed by atoms with E-state index < -0.39 is 0 Å². The molecule has 0 bridgehead atoms. The van der Waals surface area contributed by atoms with Crippen LogP contribution in [0.3, 0.4) is 0 Å². The molecule has 0 spiro atoms. The molecule has 2 aromatic rings. The fraction of sp³-hybridized carbons (Fsp3) is 0.278. The number of hydrogen-bond donors (Lipinski definition) is 0. The van der Waals surface area contributed by atoms with Crippen molar-refractivity contribution < 1.29 is 9.53 Å². The van der Waals surface area contributed by atoms with Gasteiger partial charge in [-0.25, -0.2) is 0 Å². The minimum atomic E-state index is 0.137. The Hall–Kier alpha value is -1.74. The lowest BCUT2D eigenvalue weighted by Gasteiger charge is -2.09. The topological polar surface area (TPSA) is 26.3 Å². The molecule has 0 fully saturated rings. The van der Waals surface area contributed by atoms with Crippen molar-refractivity contribution in [2.75, 3.05) is 5.75 Å². The Bertz CT molecular complexity index is 603. The Morgan fingerprint density at radius 3 is 2.48 bits per heavy atom. The van der Waals surface area contributed by atoms with Crippen LogP contribution < -0.4 is 4.74 Å². The third-order valence-corrected chi connectivity index (χ3v) is 3.90. The lowest BCUT2D eigenvalue weighted by Crippen LogP contribution is -2.06. The van der Waals surface area contributed by atoms with Crippen molar-refractivity contribution in [1.82, 2.24) is 0 Å². The zero-order valence-electron chi connectivity index (χ0n) is 12.6. The first-order valence-electron chi connectivity index (χ1n) is 7.04. The van der Waals surface area contributed by atoms with Gasteiger partial charge in [0.2, 0.25) is 0 Å². The van der Waals surface area contributed by atoms with Gasteiger partial charge in [0.05, 0.1) is 11.9 Å². The normalized spacial score (nSPS) is 10.7. The van der Waals surface area contributed by atoms with Crippen LogP contribution in [0.15, 0.2) is 53.4 Å². The van der Waals surface area contributed by atoms with Crippen LogP contribution in [-0.2, 0) is 0 Å². The summed E-state index contributed by atoms with van der Waals surface area (Å²) >= 11 is 1.57. The van der Waals surface area contributed by atoms with Crippen LogP contribution in [0.2, 0.25) is 0 Å². The summed E-state index contributed by atoms with van der Waals surface area (Å²) in [5.41, 5.74) is 1.94. The molecule has 0 saturated heterocycles. The molecule has 0 atom stereocenters. The van der Waals surface area contributed by atoms with Gasteiger partial charge in [0, 0.05) is 10.5 Å². The van der Waals surface area contributed by atoms with Crippen molar-refractivity contribution in [3.8, 4) is 5.75 Å². The highest BCUT2D eigenvalue weighted by molar-refractivity contribution is 8.00. The summed E-state index contributed by atoms with van der Waals surface area (Å²) in [4.78, 5) is 13.3. The molecule has 3 heteroatoms. The fourth-order valence-corrected chi connectivity index (χ4v) is 2.84. The molecule has 0 aliphatic carbocycles. The highest BCUT2D eigenvalue weighted by Crippen LogP contribution is 2.21. The number of ketones is 1. The van der Waals surface area contributed by atoms with Gasteiger partial charge < -0.3 is 4.74 Å². The molecule has 0 aromatic heterocycles. The molecule has 0 amide bonds. The lowest BCUT2D eigenvalue weighted by molar-refractivity contribution is 0.102. The Kier molecular flexibility index (Phi) is 5.45. The van der Waals surface area contributed by atoms with Crippen molar-refractivity contribution in [2.24, 2.45) is 0 Å². The number of carbonyl (C=O) groups excluding carboxylic acids is 1. The number of rotatable bonds is 6. The predicted octanol–water partition coefficient (Wildman–Crippen LogP) is 4.76. The number of benzene rings is 2. The number of aryl methyl sites for hydroxylation is 1. The summed E-state index contributed by atoms with van der Waals surface area (Å²) < 4.78 is 5.57. The van der Waals surface area contributed by atoms with Crippen molar-refractivity contribution in [1.29, 1.82) is 0 Å². The number of Topliss-reactive ketones (excluding diaryl/α,β-unsaturated/α-hetero) is 1. The third-order valence-electron chi connectivity index (χ3n) is 2.91. The maximum Gasteiger partial charge on any atom is 0.173 e. The van der Waals surface area contributed by atoms with Crippen LogP contribution in [0.4, 0.5) is 0 Å². The van der Waals surface area contributed by atoms with E-state index in [2.05, 4.69) is 19.1 Å². The lowest BCUT2D eigenvalue weighted by atomic mass is 10.1. The van der Waals surface area contributed by atoms with E-state index in [-0.39, 0.29) is 11.9 Å². The summed E-state index contributed by atoms with van der Waals surface area (Å²) in [6.45, 7) is 6.02. The third kappa shape index (κ3) is 4.94. The summed E-state index contributed by atoms with van der Waals surface area (Å²) in [5, 5.41) is 0. The fourth-order valence-electron chi connectivity index (χ4n) is 1.93. The minimum Gasteiger partial charge on any atom is -0.491 e. The number of hydrogen-bond acceptors (Lipinski definition) is 3. The van der Waals surface area contributed by atoms with E-state index in [0.717, 1.165) is 16.2 Å². The molecule has 2 rings (SSSR count). The maximum absolute atomic E-state index is 12.2. The van der Waals surface area contributed by atoms with E-state index >= 15 is 0 Å². The van der Waals surface area contributed by atoms with Gasteiger partial charge in [0.25, 0.3) is 0 Å². The van der Waals surface area contributed by atoms with Gasteiger partial charge >= 0.3 is 0 Å². The van der Waals surface area contributed by atoms with Crippen molar-refractivity contribution >= 4 is 17.5 Å². The Morgan fingerprint density at radius 1 is 1.14 bits per heavy atom. The van der Waals surface area contributed by atoms with Crippen LogP contribution in [0.25, 0.3) is 0 Å². The minimum absolute atomic E-state index is 0.137. The molecule has 0 unspecified atom stereocenters. The van der Waals surface area contributed by atoms with E-state index in [1.165, 1.54) is 5.56 Å². The number of ether oxygens (including phenoxy) is 1. The van der Waals surface area contributed by atoms with E-state index in [1.54, 1.807) is 11.8 Å². The second-order valence-electron chi connectivity index (χ2n) is 5.22. The summed E-state index contributed by atoms with van der Waals surface area (Å²) in [6.07, 6.45) is 0.142. The van der Waals surface area contributed by atoms with Crippen LogP contribution >= 0.6 is 11.8 Å². The second-order valence-corrected chi connectivity index (χ2v) is 6.27. The van der Waals surface area contributed by atoms with E-state index in [0.29, 0.717) is 5.75 Å². The van der Waals surface area contributed by atoms with E-state index in [9.17, 15) is 4.79 Å². The predicted molar refractivity (Wildman–Crippen MR) is 88.4 cm³/mol. The largest absolute Gasteiger partial charge is 0.491 e. The first-order chi connectivity index (χ1) is 10.0. The quantitative estimate of drug-likeness (QED) is 0.568. The Labute approximate surface area is 130 Å². The zero-order valence-corrected chi connectivity index (χ0v) is 13.4. The summed E-state index contributed by atoms with van der Waals surface area (Å²) in [7, 11) is 0. The highest BCUT2D eigenvalue weighted by Gasteiger charge is 2.07. The number of carbonyl (C=O) groups is 1. The smallest absolute Gasteiger partial charge is 0.173 e. The van der Waals surface area contributed by atoms with E-state index in [4.69, 9.17) is 4.74 Å². The van der Waals surface area contributed by atoms with Gasteiger partial charge in [-0.1, -0.05) is 17.7 Å². The highest BCUT2D eigenvalue weighted by atomic mass is 32.2. The van der Waals surface area contributed by atoms with E-state index in [1.807, 2.05) is 50.2 Å². The second kappa shape index (κ2) is 7.32. The Balaban J connectivity index is 1.94. The standard InChI is InChI=1S/C18H20O2S/c1-13(2)20-16-9-7-15(8-10-16)18(19)12-21-17-6-4-5-14(3)11-17/h4-11,13H,12H2,1-3H3. The SMILES string of the molecule is Cc1cccc(SCC(=O)c2ccc(OC(C)C)cc2)c1. The van der Waals surface area contributed by atoms with Crippen molar-refractivity contribution in [3.05, 3.63) is 59.7 Å². The van der Waals surface area contributed by atoms with Gasteiger partial charge in [-0.3, -0.25) is 4.79 Å². The summed E-state index contributed by atoms with van der Waals surface area (Å²) in [5.74, 6) is 1.39. The summed E-state index contributed by atoms with van der Waals surface area (Å²) in [6, 6.07) is 15.6. The molecule has 0 radical (unpaired) electrons. The molecule has 0 saturated carbocycles. The number of thioether (sulfide) groups is 1. The average Bonchev–Trinajstić information content (AvgIpc) is 2.45. The molecule has 21 heavy (non-hydrogen) atoms. The molecule has 0 N–H and O–H groups in total. The zero-order chi connectivity index (χ0) is 15.2. The Morgan fingerprint density at radius 2 is 1.86 bits per heavy atom. The van der Waals surface area contributed by atoms with Gasteiger partial charge in [-0.15, -0.1) is 11.8 Å². The van der Waals surface area contributed by atoms with Gasteiger partial charge in [-0.2, -0.15) is 0 Å². The molecule has 0 heterocycles. The van der Waals surface area contributed by atoms with Gasteiger partial charge in [0.15, 0.2) is 5.78 Å². The van der Waals surface area contributed by atoms with Gasteiger partial charge in [-0.05, 0) is 57.2 Å². The molecule has 0 aliphatic rings. The molecular formula is C18H20O2S. The average molecular weight is 300 g/mol.